The maximum Gasteiger partial charge on any atom is 0.306 e. The zero-order valence-corrected chi connectivity index (χ0v) is 24.7. The van der Waals surface area contributed by atoms with Gasteiger partial charge in [-0.1, -0.05) is 60.7 Å². The predicted molar refractivity (Wildman–Crippen MR) is 154 cm³/mol. The Bertz CT molecular complexity index is 889. The van der Waals surface area contributed by atoms with Gasteiger partial charge in [-0.05, 0) is 101 Å². The lowest BCUT2D eigenvalue weighted by Crippen LogP contribution is -3.03. The maximum atomic E-state index is 12.7. The number of ketones is 1. The molecule has 0 aromatic heterocycles. The normalized spacial score (nSPS) is 22.7. The molecular formula is C32H51NO7. The fraction of sp³-hybridized carbons (Fsp3) is 0.688. The van der Waals surface area contributed by atoms with E-state index in [2.05, 4.69) is 36.9 Å². The van der Waals surface area contributed by atoms with E-state index >= 15 is 0 Å². The number of carbonyl (C=O) groups excluding carboxylic acids is 2. The van der Waals surface area contributed by atoms with E-state index in [0.717, 1.165) is 38.5 Å². The first-order valence-electron chi connectivity index (χ1n) is 15.1. The Hall–Kier alpha value is -2.10. The Morgan fingerprint density at radius 3 is 2.50 bits per heavy atom. The molecule has 1 aliphatic carbocycles. The van der Waals surface area contributed by atoms with E-state index in [0.29, 0.717) is 56.8 Å². The minimum absolute atomic E-state index is 0.141. The van der Waals surface area contributed by atoms with Gasteiger partial charge in [0, 0.05) is 12.8 Å². The first kappa shape index (κ1) is 34.1. The Kier molecular flexibility index (Phi) is 16.3. The first-order chi connectivity index (χ1) is 19.2. The number of carbonyl (C=O) groups is 2. The fourth-order valence-electron chi connectivity index (χ4n) is 5.85. The molecule has 0 radical (unpaired) electrons. The number of Topliss-reactive ketones (excluding diaryl/α,β-unsaturated/α-hetero) is 1. The molecule has 1 aromatic carbocycles. The van der Waals surface area contributed by atoms with E-state index < -0.39 is 11.5 Å². The lowest BCUT2D eigenvalue weighted by molar-refractivity contribution is -1.21. The van der Waals surface area contributed by atoms with Crippen LogP contribution in [0, 0.1) is 23.0 Å². The molecular weight excluding hydrogens is 510 g/mol. The summed E-state index contributed by atoms with van der Waals surface area (Å²) < 4.78 is 6.02. The zero-order valence-electron chi connectivity index (χ0n) is 24.7. The summed E-state index contributed by atoms with van der Waals surface area (Å²) in [6.45, 7) is 6.13. The van der Waals surface area contributed by atoms with Crippen molar-refractivity contribution in [2.24, 2.45) is 17.8 Å². The van der Waals surface area contributed by atoms with Gasteiger partial charge in [-0.25, -0.2) is 0 Å². The third kappa shape index (κ3) is 14.0. The van der Waals surface area contributed by atoms with Crippen LogP contribution in [0.25, 0.3) is 0 Å². The summed E-state index contributed by atoms with van der Waals surface area (Å²) in [4.78, 5) is 28.5. The predicted octanol–water partition coefficient (Wildman–Crippen LogP) is 5.30. The molecule has 1 aliphatic rings. The second kappa shape index (κ2) is 19.1. The van der Waals surface area contributed by atoms with Crippen molar-refractivity contribution in [1.82, 2.24) is 0 Å². The second-order valence-electron chi connectivity index (χ2n) is 11.6. The number of allylic oxidation sites excluding steroid dienone is 2. The monoisotopic (exact) mass is 561 g/mol. The van der Waals surface area contributed by atoms with Gasteiger partial charge >= 0.3 is 5.97 Å². The number of aliphatic hydroxyl groups excluding tert-OH is 1. The van der Waals surface area contributed by atoms with Crippen LogP contribution in [-0.2, 0) is 25.6 Å². The molecule has 0 saturated heterocycles. The van der Waals surface area contributed by atoms with Gasteiger partial charge in [0.05, 0.1) is 6.10 Å². The number of aryl methyl sites for hydroxylation is 1. The van der Waals surface area contributed by atoms with Crippen LogP contribution in [0.4, 0.5) is 0 Å². The molecule has 2 rings (SSSR count). The van der Waals surface area contributed by atoms with Gasteiger partial charge in [0.25, 0.3) is 0 Å². The Morgan fingerprint density at radius 2 is 1.80 bits per heavy atom. The molecule has 1 aromatic rings. The van der Waals surface area contributed by atoms with Crippen LogP contribution in [0.15, 0.2) is 42.0 Å². The lowest BCUT2D eigenvalue weighted by atomic mass is 9.82. The fourth-order valence-corrected chi connectivity index (χ4v) is 5.85. The summed E-state index contributed by atoms with van der Waals surface area (Å²) in [7, 11) is 0. The highest BCUT2D eigenvalue weighted by atomic mass is 17.1. The molecule has 3 N–H and O–H groups in total. The van der Waals surface area contributed by atoms with E-state index in [4.69, 9.17) is 9.94 Å². The lowest BCUT2D eigenvalue weighted by Gasteiger charge is -2.26. The smallest absolute Gasteiger partial charge is 0.306 e. The van der Waals surface area contributed by atoms with Crippen molar-refractivity contribution in [1.29, 1.82) is 0 Å². The highest BCUT2D eigenvalue weighted by molar-refractivity contribution is 5.75. The molecule has 40 heavy (non-hydrogen) atoms. The van der Waals surface area contributed by atoms with Gasteiger partial charge in [-0.2, -0.15) is 10.0 Å². The van der Waals surface area contributed by atoms with Crippen molar-refractivity contribution in [3.05, 3.63) is 52.8 Å². The van der Waals surface area contributed by atoms with Crippen molar-refractivity contribution in [3.63, 3.8) is 0 Å². The van der Waals surface area contributed by atoms with Gasteiger partial charge in [0.1, 0.15) is 18.5 Å². The topological polar surface area (TPSA) is 121 Å². The average molecular weight is 562 g/mol. The summed E-state index contributed by atoms with van der Waals surface area (Å²) in [5.41, 5.74) is 2.52. The quantitative estimate of drug-likeness (QED) is 0.0855. The molecule has 0 spiro atoms. The minimum Gasteiger partial charge on any atom is -0.566 e. The van der Waals surface area contributed by atoms with Crippen LogP contribution in [0.2, 0.25) is 0 Å². The van der Waals surface area contributed by atoms with E-state index in [9.17, 15) is 19.9 Å². The van der Waals surface area contributed by atoms with Gasteiger partial charge in [0.15, 0.2) is 0 Å². The number of ether oxygens (including phenoxy) is 1. The third-order valence-corrected chi connectivity index (χ3v) is 8.18. The molecule has 0 bridgehead atoms. The van der Waals surface area contributed by atoms with E-state index in [1.54, 1.807) is 6.92 Å². The first-order valence-corrected chi connectivity index (χ1v) is 15.1. The number of esters is 1. The Labute approximate surface area is 240 Å². The van der Waals surface area contributed by atoms with Crippen LogP contribution < -0.4 is 5.39 Å². The molecule has 6 atom stereocenters. The van der Waals surface area contributed by atoms with Crippen LogP contribution in [-0.4, -0.2) is 40.9 Å². The van der Waals surface area contributed by atoms with Gasteiger partial charge in [0.2, 0.25) is 0 Å². The van der Waals surface area contributed by atoms with Crippen LogP contribution >= 0.6 is 0 Å². The molecule has 8 heteroatoms. The number of hydrogen-bond acceptors (Lipinski definition) is 7. The van der Waals surface area contributed by atoms with Crippen molar-refractivity contribution in [2.75, 3.05) is 6.61 Å². The average Bonchev–Trinajstić information content (AvgIpc) is 3.20. The molecule has 226 valence electrons. The number of quaternary nitrogens is 1. The highest BCUT2D eigenvalue weighted by Gasteiger charge is 2.42. The number of aliphatic hydroxyl groups is 1. The molecule has 0 amide bonds. The second-order valence-corrected chi connectivity index (χ2v) is 11.6. The molecule has 0 heterocycles. The summed E-state index contributed by atoms with van der Waals surface area (Å²) in [6.07, 6.45) is 11.2. The standard InChI is InChI=1S/C32H51NO7/c1-24(11-10-12-26(3)34)16-20-29-25(2)23-31(40-32(36)15-8-5-9-22-39-33(37)38)30(29)21-19-28(35)18-17-27-13-6-4-7-14-27/h4,6-7,13-14,16,25,28-31,33,35,37H,5,8-12,15,17-23H2,1-3H3/b24-16-/t25?,28-,29-,30+,31+/m0/s1. The maximum absolute atomic E-state index is 12.7. The largest absolute Gasteiger partial charge is 0.566 e. The Balaban J connectivity index is 1.93. The summed E-state index contributed by atoms with van der Waals surface area (Å²) in [6, 6.07) is 10.2. The van der Waals surface area contributed by atoms with Crippen LogP contribution in [0.3, 0.4) is 0 Å². The zero-order chi connectivity index (χ0) is 29.3. The van der Waals surface area contributed by atoms with Crippen molar-refractivity contribution in [2.45, 2.75) is 116 Å². The molecule has 8 nitrogen and oxygen atoms in total. The molecule has 0 aliphatic heterocycles. The summed E-state index contributed by atoms with van der Waals surface area (Å²) in [5.74, 6) is 0.980. The molecule has 1 saturated carbocycles. The molecule has 2 unspecified atom stereocenters. The number of benzene rings is 1. The van der Waals surface area contributed by atoms with E-state index in [-0.39, 0.29) is 30.4 Å². The van der Waals surface area contributed by atoms with E-state index in [1.807, 2.05) is 18.2 Å². The number of nitrogens with one attached hydrogen (secondary N) is 1. The third-order valence-electron chi connectivity index (χ3n) is 8.18. The minimum atomic E-state index is -1.28. The highest BCUT2D eigenvalue weighted by Crippen LogP contribution is 2.44. The van der Waals surface area contributed by atoms with E-state index in [1.165, 1.54) is 11.1 Å². The Morgan fingerprint density at radius 1 is 1.05 bits per heavy atom. The van der Waals surface area contributed by atoms with Crippen molar-refractivity contribution < 1.29 is 34.9 Å². The summed E-state index contributed by atoms with van der Waals surface area (Å²) >= 11 is 0. The SMILES string of the molecule is CC(=O)CCC/C(C)=C\C[C@H]1C(C)C[C@@H](OC(=O)CCCCCO[NH+]([O-])O)[C@@H]1CC[C@@H](O)CCc1ccccc1. The van der Waals surface area contributed by atoms with Crippen molar-refractivity contribution in [3.8, 4) is 0 Å². The number of hydrogen-bond donors (Lipinski definition) is 3. The van der Waals surface area contributed by atoms with Gasteiger partial charge < -0.3 is 19.8 Å². The van der Waals surface area contributed by atoms with Crippen LogP contribution in [0.5, 0.6) is 0 Å². The van der Waals surface area contributed by atoms with Gasteiger partial charge in [-0.15, -0.1) is 0 Å². The van der Waals surface area contributed by atoms with Gasteiger partial charge in [-0.3, -0.25) is 4.79 Å². The summed E-state index contributed by atoms with van der Waals surface area (Å²) in [5, 5.41) is 28.5. The number of unbranched alkanes of at least 4 members (excludes halogenated alkanes) is 2. The van der Waals surface area contributed by atoms with Crippen LogP contribution in [0.1, 0.15) is 103 Å². The van der Waals surface area contributed by atoms with Crippen molar-refractivity contribution >= 4 is 11.8 Å². The molecule has 1 fully saturated rings. The number of rotatable bonds is 20.